The maximum absolute atomic E-state index is 12.1. The Bertz CT molecular complexity index is 672. The molecule has 1 amide bonds. The third-order valence-electron chi connectivity index (χ3n) is 4.08. The van der Waals surface area contributed by atoms with Gasteiger partial charge in [0.25, 0.3) is 0 Å². The van der Waals surface area contributed by atoms with Gasteiger partial charge in [0.2, 0.25) is 5.91 Å². The number of amides is 1. The molecule has 1 rings (SSSR count). The lowest BCUT2D eigenvalue weighted by Crippen LogP contribution is -2.25. The van der Waals surface area contributed by atoms with E-state index in [9.17, 15) is 9.59 Å². The minimum atomic E-state index is -0.595. The highest BCUT2D eigenvalue weighted by atomic mass is 16.6. The number of unbranched alkanes of at least 4 members (excludes halogenated alkanes) is 2. The summed E-state index contributed by atoms with van der Waals surface area (Å²) in [6.07, 6.45) is 7.79. The maximum Gasteiger partial charge on any atom is 0.316 e. The number of carbonyl (C=O) groups excluding carboxylic acids is 2. The number of ether oxygens (including phenoxy) is 2. The van der Waals surface area contributed by atoms with Crippen LogP contribution in [0.3, 0.4) is 0 Å². The van der Waals surface area contributed by atoms with Crippen LogP contribution in [0.5, 0.6) is 11.5 Å². The van der Waals surface area contributed by atoms with Crippen molar-refractivity contribution in [2.45, 2.75) is 66.8 Å². The Morgan fingerprint density at radius 1 is 1.14 bits per heavy atom. The standard InChI is InChI=1S/C23H35NO4/c1-17(2)11-9-7-8-10-12-21(25)24-16-18-13-14-19(20(15-18)27-6)28-22(26)23(3,4)5/h9,11,13-15,17H,7-8,10,12,16H2,1-6H3,(H,24,25)/b11-9+. The van der Waals surface area contributed by atoms with Gasteiger partial charge in [-0.15, -0.1) is 0 Å². The van der Waals surface area contributed by atoms with Crippen molar-refractivity contribution in [2.75, 3.05) is 7.11 Å². The second-order valence-electron chi connectivity index (χ2n) is 8.32. The molecule has 0 aliphatic rings. The molecule has 0 saturated carbocycles. The van der Waals surface area contributed by atoms with Crippen molar-refractivity contribution >= 4 is 11.9 Å². The van der Waals surface area contributed by atoms with Crippen molar-refractivity contribution in [3.8, 4) is 11.5 Å². The van der Waals surface area contributed by atoms with Crippen LogP contribution in [0.2, 0.25) is 0 Å². The molecule has 1 N–H and O–H groups in total. The largest absolute Gasteiger partial charge is 0.493 e. The number of benzene rings is 1. The summed E-state index contributed by atoms with van der Waals surface area (Å²) in [5, 5.41) is 2.92. The van der Waals surface area contributed by atoms with Crippen LogP contribution >= 0.6 is 0 Å². The Morgan fingerprint density at radius 2 is 1.86 bits per heavy atom. The SMILES string of the molecule is COc1cc(CNC(=O)CCCC/C=C/C(C)C)ccc1OC(=O)C(C)(C)C. The first-order valence-corrected chi connectivity index (χ1v) is 9.96. The first-order valence-electron chi connectivity index (χ1n) is 9.96. The molecule has 0 aromatic heterocycles. The first kappa shape index (κ1) is 23.7. The third kappa shape index (κ3) is 9.07. The van der Waals surface area contributed by atoms with Gasteiger partial charge in [-0.05, 0) is 63.6 Å². The van der Waals surface area contributed by atoms with E-state index in [0.717, 1.165) is 24.8 Å². The molecule has 0 aliphatic carbocycles. The minimum absolute atomic E-state index is 0.0371. The van der Waals surface area contributed by atoms with Crippen LogP contribution in [0.25, 0.3) is 0 Å². The molecular weight excluding hydrogens is 354 g/mol. The summed E-state index contributed by atoms with van der Waals surface area (Å²) in [7, 11) is 1.53. The molecule has 0 saturated heterocycles. The zero-order valence-electron chi connectivity index (χ0n) is 18.1. The van der Waals surface area contributed by atoms with E-state index in [4.69, 9.17) is 9.47 Å². The van der Waals surface area contributed by atoms with Crippen LogP contribution in [0.15, 0.2) is 30.4 Å². The molecule has 0 heterocycles. The summed E-state index contributed by atoms with van der Waals surface area (Å²) in [4.78, 5) is 24.1. The number of carbonyl (C=O) groups is 2. The molecule has 0 aliphatic heterocycles. The number of rotatable bonds is 10. The minimum Gasteiger partial charge on any atom is -0.493 e. The molecule has 0 atom stereocenters. The Labute approximate surface area is 169 Å². The lowest BCUT2D eigenvalue weighted by molar-refractivity contribution is -0.143. The van der Waals surface area contributed by atoms with Crippen molar-refractivity contribution in [1.29, 1.82) is 0 Å². The molecule has 0 bridgehead atoms. The summed E-state index contributed by atoms with van der Waals surface area (Å²) < 4.78 is 10.8. The van der Waals surface area contributed by atoms with Gasteiger partial charge in [-0.1, -0.05) is 32.1 Å². The van der Waals surface area contributed by atoms with Crippen LogP contribution in [0.1, 0.15) is 65.9 Å². The van der Waals surface area contributed by atoms with Crippen molar-refractivity contribution < 1.29 is 19.1 Å². The number of hydrogen-bond donors (Lipinski definition) is 1. The van der Waals surface area contributed by atoms with E-state index in [2.05, 4.69) is 31.3 Å². The molecule has 1 aromatic carbocycles. The normalized spacial score (nSPS) is 11.7. The molecule has 0 radical (unpaired) electrons. The molecule has 5 nitrogen and oxygen atoms in total. The van der Waals surface area contributed by atoms with Crippen molar-refractivity contribution in [3.05, 3.63) is 35.9 Å². The second kappa shape index (κ2) is 11.5. The summed E-state index contributed by atoms with van der Waals surface area (Å²) >= 11 is 0. The second-order valence-corrected chi connectivity index (χ2v) is 8.32. The number of methoxy groups -OCH3 is 1. The van der Waals surface area contributed by atoms with Gasteiger partial charge in [-0.3, -0.25) is 9.59 Å². The van der Waals surface area contributed by atoms with Crippen LogP contribution in [0, 0.1) is 11.3 Å². The molecule has 1 aromatic rings. The average molecular weight is 390 g/mol. The maximum atomic E-state index is 12.1. The Balaban J connectivity index is 2.48. The topological polar surface area (TPSA) is 64.6 Å². The highest BCUT2D eigenvalue weighted by molar-refractivity contribution is 5.78. The zero-order chi connectivity index (χ0) is 21.2. The van der Waals surface area contributed by atoms with E-state index in [0.29, 0.717) is 30.4 Å². The van der Waals surface area contributed by atoms with Gasteiger partial charge in [0.15, 0.2) is 11.5 Å². The van der Waals surface area contributed by atoms with E-state index in [1.54, 1.807) is 32.9 Å². The van der Waals surface area contributed by atoms with Gasteiger partial charge in [0.05, 0.1) is 12.5 Å². The molecule has 0 spiro atoms. The summed E-state index contributed by atoms with van der Waals surface area (Å²) in [6.45, 7) is 10.1. The Hall–Kier alpha value is -2.30. The fraction of sp³-hybridized carbons (Fsp3) is 0.565. The lowest BCUT2D eigenvalue weighted by atomic mass is 9.97. The monoisotopic (exact) mass is 389 g/mol. The number of allylic oxidation sites excluding steroid dienone is 2. The smallest absolute Gasteiger partial charge is 0.316 e. The van der Waals surface area contributed by atoms with Gasteiger partial charge in [-0.2, -0.15) is 0 Å². The fourth-order valence-electron chi connectivity index (χ4n) is 2.36. The number of nitrogens with one attached hydrogen (secondary N) is 1. The van der Waals surface area contributed by atoms with Crippen LogP contribution < -0.4 is 14.8 Å². The third-order valence-corrected chi connectivity index (χ3v) is 4.08. The highest BCUT2D eigenvalue weighted by Gasteiger charge is 2.25. The van der Waals surface area contributed by atoms with Crippen LogP contribution in [-0.4, -0.2) is 19.0 Å². The lowest BCUT2D eigenvalue weighted by Gasteiger charge is -2.18. The van der Waals surface area contributed by atoms with Gasteiger partial charge in [0, 0.05) is 13.0 Å². The Kier molecular flexibility index (Phi) is 9.77. The van der Waals surface area contributed by atoms with Gasteiger partial charge in [-0.25, -0.2) is 0 Å². The van der Waals surface area contributed by atoms with Crippen molar-refractivity contribution in [2.24, 2.45) is 11.3 Å². The first-order chi connectivity index (χ1) is 13.1. The quantitative estimate of drug-likeness (QED) is 0.264. The summed E-state index contributed by atoms with van der Waals surface area (Å²) in [5.74, 6) is 1.14. The highest BCUT2D eigenvalue weighted by Crippen LogP contribution is 2.30. The predicted octanol–water partition coefficient (Wildman–Crippen LogP) is 5.04. The van der Waals surface area contributed by atoms with Crippen molar-refractivity contribution in [1.82, 2.24) is 5.32 Å². The molecule has 28 heavy (non-hydrogen) atoms. The predicted molar refractivity (Wildman–Crippen MR) is 112 cm³/mol. The molecule has 0 fully saturated rings. The Morgan fingerprint density at radius 3 is 2.46 bits per heavy atom. The fourth-order valence-corrected chi connectivity index (χ4v) is 2.36. The summed E-state index contributed by atoms with van der Waals surface area (Å²) in [5.41, 5.74) is 0.294. The van der Waals surface area contributed by atoms with E-state index >= 15 is 0 Å². The van der Waals surface area contributed by atoms with E-state index in [1.807, 2.05) is 6.07 Å². The van der Waals surface area contributed by atoms with E-state index in [-0.39, 0.29) is 11.9 Å². The van der Waals surface area contributed by atoms with Gasteiger partial charge < -0.3 is 14.8 Å². The van der Waals surface area contributed by atoms with E-state index < -0.39 is 5.41 Å². The van der Waals surface area contributed by atoms with Gasteiger partial charge >= 0.3 is 5.97 Å². The van der Waals surface area contributed by atoms with Gasteiger partial charge in [0.1, 0.15) is 0 Å². The average Bonchev–Trinajstić information content (AvgIpc) is 2.62. The molecular formula is C23H35NO4. The number of hydrogen-bond acceptors (Lipinski definition) is 4. The molecule has 5 heteroatoms. The summed E-state index contributed by atoms with van der Waals surface area (Å²) in [6, 6.07) is 5.30. The van der Waals surface area contributed by atoms with E-state index in [1.165, 1.54) is 7.11 Å². The molecule has 156 valence electrons. The van der Waals surface area contributed by atoms with Crippen molar-refractivity contribution in [3.63, 3.8) is 0 Å². The van der Waals surface area contributed by atoms with Crippen LogP contribution in [-0.2, 0) is 16.1 Å². The molecule has 0 unspecified atom stereocenters. The number of esters is 1. The zero-order valence-corrected chi connectivity index (χ0v) is 18.1. The van der Waals surface area contributed by atoms with Crippen LogP contribution in [0.4, 0.5) is 0 Å².